The number of ether oxygens (including phenoxy) is 1. The van der Waals surface area contributed by atoms with Crippen LogP contribution in [0, 0.1) is 6.92 Å². The third kappa shape index (κ3) is 4.14. The number of amides is 1. The molecule has 0 fully saturated rings. The summed E-state index contributed by atoms with van der Waals surface area (Å²) in [5.41, 5.74) is 2.82. The molecule has 1 amide bonds. The summed E-state index contributed by atoms with van der Waals surface area (Å²) in [6.07, 6.45) is 0.738. The molecule has 0 aliphatic rings. The number of nitrogens with one attached hydrogen (secondary N) is 2. The predicted octanol–water partition coefficient (Wildman–Crippen LogP) is 2.88. The summed E-state index contributed by atoms with van der Waals surface area (Å²) in [5, 5.41) is 2.97. The van der Waals surface area contributed by atoms with Crippen molar-refractivity contribution in [3.8, 4) is 16.9 Å². The molecule has 6 nitrogen and oxygen atoms in total. The predicted molar refractivity (Wildman–Crippen MR) is 103 cm³/mol. The van der Waals surface area contributed by atoms with Crippen LogP contribution in [0.3, 0.4) is 0 Å². The SMILES string of the molecule is CCN(CC)CCNC(=O)c1c(C)[nH]c(C=O)c1-c1ccccc1OC. The molecule has 1 heterocycles. The first-order chi connectivity index (χ1) is 12.6. The number of likely N-dealkylation sites (N-methyl/N-ethyl adjacent to an activating group) is 1. The number of aromatic amines is 1. The molecule has 0 radical (unpaired) electrons. The lowest BCUT2D eigenvalue weighted by Gasteiger charge is -2.18. The van der Waals surface area contributed by atoms with Gasteiger partial charge < -0.3 is 19.9 Å². The zero-order chi connectivity index (χ0) is 19.1. The maximum absolute atomic E-state index is 12.8. The normalized spacial score (nSPS) is 10.8. The van der Waals surface area contributed by atoms with Crippen LogP contribution in [0.4, 0.5) is 0 Å². The zero-order valence-corrected chi connectivity index (χ0v) is 15.9. The minimum absolute atomic E-state index is 0.195. The van der Waals surface area contributed by atoms with E-state index in [1.54, 1.807) is 14.0 Å². The fourth-order valence-electron chi connectivity index (χ4n) is 3.11. The average Bonchev–Trinajstić information content (AvgIpc) is 3.01. The molecule has 0 aliphatic carbocycles. The number of aryl methyl sites for hydroxylation is 1. The molecule has 2 aromatic rings. The molecule has 2 N–H and O–H groups in total. The van der Waals surface area contributed by atoms with Gasteiger partial charge in [-0.1, -0.05) is 32.0 Å². The number of carbonyl (C=O) groups excluding carboxylic acids is 2. The van der Waals surface area contributed by atoms with E-state index in [1.165, 1.54) is 0 Å². The number of para-hydroxylation sites is 1. The first-order valence-electron chi connectivity index (χ1n) is 8.88. The van der Waals surface area contributed by atoms with Gasteiger partial charge in [-0.05, 0) is 26.1 Å². The zero-order valence-electron chi connectivity index (χ0n) is 15.9. The molecule has 0 unspecified atom stereocenters. The van der Waals surface area contributed by atoms with Gasteiger partial charge in [-0.25, -0.2) is 0 Å². The van der Waals surface area contributed by atoms with Crippen molar-refractivity contribution in [3.63, 3.8) is 0 Å². The molecule has 140 valence electrons. The van der Waals surface area contributed by atoms with Gasteiger partial charge in [0.15, 0.2) is 6.29 Å². The van der Waals surface area contributed by atoms with Crippen LogP contribution in [0.5, 0.6) is 5.75 Å². The quantitative estimate of drug-likeness (QED) is 0.677. The number of H-pyrrole nitrogens is 1. The summed E-state index contributed by atoms with van der Waals surface area (Å²) >= 11 is 0. The molecule has 1 aromatic heterocycles. The minimum atomic E-state index is -0.195. The van der Waals surface area contributed by atoms with Gasteiger partial charge in [0.25, 0.3) is 5.91 Å². The Morgan fingerprint density at radius 3 is 2.58 bits per heavy atom. The Bertz CT molecular complexity index is 764. The Morgan fingerprint density at radius 2 is 1.96 bits per heavy atom. The highest BCUT2D eigenvalue weighted by atomic mass is 16.5. The molecule has 0 atom stereocenters. The molecule has 6 heteroatoms. The van der Waals surface area contributed by atoms with Crippen molar-refractivity contribution in [2.75, 3.05) is 33.3 Å². The van der Waals surface area contributed by atoms with Crippen molar-refractivity contribution < 1.29 is 14.3 Å². The lowest BCUT2D eigenvalue weighted by atomic mass is 9.99. The van der Waals surface area contributed by atoms with E-state index >= 15 is 0 Å². The van der Waals surface area contributed by atoms with Gasteiger partial charge in [0.05, 0.1) is 18.4 Å². The van der Waals surface area contributed by atoms with Crippen molar-refractivity contribution in [1.29, 1.82) is 0 Å². The van der Waals surface area contributed by atoms with E-state index in [9.17, 15) is 9.59 Å². The third-order valence-electron chi connectivity index (χ3n) is 4.55. The third-order valence-corrected chi connectivity index (χ3v) is 4.55. The van der Waals surface area contributed by atoms with Gasteiger partial charge in [0.2, 0.25) is 0 Å². The summed E-state index contributed by atoms with van der Waals surface area (Å²) in [7, 11) is 1.57. The monoisotopic (exact) mass is 357 g/mol. The van der Waals surface area contributed by atoms with Gasteiger partial charge in [-0.15, -0.1) is 0 Å². The number of methoxy groups -OCH3 is 1. The maximum atomic E-state index is 12.8. The summed E-state index contributed by atoms with van der Waals surface area (Å²) in [6, 6.07) is 7.37. The van der Waals surface area contributed by atoms with E-state index in [4.69, 9.17) is 4.74 Å². The molecule has 0 bridgehead atoms. The number of benzene rings is 1. The second kappa shape index (κ2) is 9.20. The molecular weight excluding hydrogens is 330 g/mol. The first-order valence-corrected chi connectivity index (χ1v) is 8.88. The topological polar surface area (TPSA) is 74.4 Å². The second-order valence-corrected chi connectivity index (χ2v) is 6.01. The lowest BCUT2D eigenvalue weighted by molar-refractivity contribution is 0.0949. The van der Waals surface area contributed by atoms with E-state index in [0.717, 1.165) is 31.5 Å². The standard InChI is InChI=1S/C20H27N3O3/c1-5-23(6-2)12-11-21-20(25)18-14(3)22-16(13-24)19(18)15-9-7-8-10-17(15)26-4/h7-10,13,22H,5-6,11-12H2,1-4H3,(H,21,25). The van der Waals surface area contributed by atoms with Crippen LogP contribution in [-0.2, 0) is 0 Å². The molecule has 0 saturated carbocycles. The summed E-state index contributed by atoms with van der Waals surface area (Å²) in [6.45, 7) is 9.20. The van der Waals surface area contributed by atoms with Crippen LogP contribution in [0.1, 0.15) is 40.4 Å². The number of hydrogen-bond acceptors (Lipinski definition) is 4. The summed E-state index contributed by atoms with van der Waals surface area (Å²) in [5.74, 6) is 0.423. The van der Waals surface area contributed by atoms with Crippen LogP contribution in [-0.4, -0.2) is 55.4 Å². The smallest absolute Gasteiger partial charge is 0.253 e. The van der Waals surface area contributed by atoms with E-state index in [2.05, 4.69) is 29.0 Å². The Morgan fingerprint density at radius 1 is 1.27 bits per heavy atom. The Balaban J connectivity index is 2.35. The van der Waals surface area contributed by atoms with E-state index < -0.39 is 0 Å². The van der Waals surface area contributed by atoms with Crippen molar-refractivity contribution in [1.82, 2.24) is 15.2 Å². The van der Waals surface area contributed by atoms with Gasteiger partial charge in [0, 0.05) is 29.9 Å². The number of hydrogen-bond donors (Lipinski definition) is 2. The molecule has 1 aromatic carbocycles. The second-order valence-electron chi connectivity index (χ2n) is 6.01. The molecule has 2 rings (SSSR count). The molecule has 0 spiro atoms. The first kappa shape index (κ1) is 19.7. The number of rotatable bonds is 9. The van der Waals surface area contributed by atoms with E-state index in [0.29, 0.717) is 34.8 Å². The fourth-order valence-corrected chi connectivity index (χ4v) is 3.11. The van der Waals surface area contributed by atoms with Gasteiger partial charge in [-0.2, -0.15) is 0 Å². The molecular formula is C20H27N3O3. The van der Waals surface area contributed by atoms with Crippen LogP contribution in [0.2, 0.25) is 0 Å². The minimum Gasteiger partial charge on any atom is -0.496 e. The fraction of sp³-hybridized carbons (Fsp3) is 0.400. The van der Waals surface area contributed by atoms with Crippen LogP contribution in [0.15, 0.2) is 24.3 Å². The van der Waals surface area contributed by atoms with Crippen LogP contribution in [0.25, 0.3) is 11.1 Å². The van der Waals surface area contributed by atoms with Crippen molar-refractivity contribution in [2.45, 2.75) is 20.8 Å². The lowest BCUT2D eigenvalue weighted by Crippen LogP contribution is -2.35. The Hall–Kier alpha value is -2.60. The number of aromatic nitrogens is 1. The summed E-state index contributed by atoms with van der Waals surface area (Å²) in [4.78, 5) is 29.7. The Labute approximate surface area is 154 Å². The molecule has 0 aliphatic heterocycles. The van der Waals surface area contributed by atoms with Crippen molar-refractivity contribution in [2.24, 2.45) is 0 Å². The number of carbonyl (C=O) groups is 2. The van der Waals surface area contributed by atoms with E-state index in [-0.39, 0.29) is 5.91 Å². The van der Waals surface area contributed by atoms with E-state index in [1.807, 2.05) is 24.3 Å². The highest BCUT2D eigenvalue weighted by Crippen LogP contribution is 2.35. The van der Waals surface area contributed by atoms with Gasteiger partial charge in [0.1, 0.15) is 5.75 Å². The van der Waals surface area contributed by atoms with Crippen LogP contribution >= 0.6 is 0 Å². The molecule has 26 heavy (non-hydrogen) atoms. The van der Waals surface area contributed by atoms with Crippen LogP contribution < -0.4 is 10.1 Å². The Kier molecular flexibility index (Phi) is 6.97. The molecule has 0 saturated heterocycles. The largest absolute Gasteiger partial charge is 0.496 e. The maximum Gasteiger partial charge on any atom is 0.253 e. The van der Waals surface area contributed by atoms with Gasteiger partial charge >= 0.3 is 0 Å². The summed E-state index contributed by atoms with van der Waals surface area (Å²) < 4.78 is 5.42. The highest BCUT2D eigenvalue weighted by molar-refractivity contribution is 6.06. The van der Waals surface area contributed by atoms with Crippen molar-refractivity contribution in [3.05, 3.63) is 41.2 Å². The van der Waals surface area contributed by atoms with Gasteiger partial charge in [-0.3, -0.25) is 9.59 Å². The van der Waals surface area contributed by atoms with Crippen molar-refractivity contribution >= 4 is 12.2 Å². The number of nitrogens with zero attached hydrogens (tertiary/aromatic N) is 1. The average molecular weight is 357 g/mol. The highest BCUT2D eigenvalue weighted by Gasteiger charge is 2.24. The number of aldehydes is 1.